The van der Waals surface area contributed by atoms with Crippen LogP contribution in [-0.4, -0.2) is 29.0 Å². The van der Waals surface area contributed by atoms with Crippen LogP contribution in [0.25, 0.3) is 0 Å². The molecular weight excluding hydrogens is 168 g/mol. The second kappa shape index (κ2) is 3.84. The minimum atomic E-state index is -0.401. The summed E-state index contributed by atoms with van der Waals surface area (Å²) in [7, 11) is 1.73. The first-order valence-electron chi connectivity index (χ1n) is 3.92. The van der Waals surface area contributed by atoms with Crippen LogP contribution in [0.4, 0.5) is 5.95 Å². The number of hydrogen-bond acceptors (Lipinski definition) is 4. The molecule has 1 amide bonds. The highest BCUT2D eigenvalue weighted by Crippen LogP contribution is 2.05. The number of nitrogens with two attached hydrogens (primary N) is 1. The molecule has 1 aromatic heterocycles. The average molecular weight is 180 g/mol. The summed E-state index contributed by atoms with van der Waals surface area (Å²) in [4.78, 5) is 20.4. The van der Waals surface area contributed by atoms with Crippen LogP contribution in [0, 0.1) is 0 Å². The minimum Gasteiger partial charge on any atom is -0.368 e. The van der Waals surface area contributed by atoms with Crippen molar-refractivity contribution < 1.29 is 4.79 Å². The third kappa shape index (κ3) is 2.14. The van der Waals surface area contributed by atoms with Crippen molar-refractivity contribution in [1.82, 2.24) is 9.97 Å². The lowest BCUT2D eigenvalue weighted by Gasteiger charge is -2.21. The molecule has 1 rings (SSSR count). The molecule has 0 radical (unpaired) electrons. The number of carbonyl (C=O) groups is 1. The van der Waals surface area contributed by atoms with Crippen LogP contribution in [0.5, 0.6) is 0 Å². The van der Waals surface area contributed by atoms with Gasteiger partial charge < -0.3 is 10.6 Å². The summed E-state index contributed by atoms with van der Waals surface area (Å²) in [6, 6.07) is 1.31. The van der Waals surface area contributed by atoms with Crippen LogP contribution in [-0.2, 0) is 4.79 Å². The number of rotatable bonds is 3. The second-order valence-corrected chi connectivity index (χ2v) is 2.74. The monoisotopic (exact) mass is 180 g/mol. The highest BCUT2D eigenvalue weighted by atomic mass is 16.1. The maximum atomic E-state index is 10.8. The Hall–Kier alpha value is -1.65. The topological polar surface area (TPSA) is 72.1 Å². The molecule has 1 aromatic rings. The lowest BCUT2D eigenvalue weighted by atomic mass is 10.3. The van der Waals surface area contributed by atoms with E-state index in [-0.39, 0.29) is 0 Å². The van der Waals surface area contributed by atoms with E-state index >= 15 is 0 Å². The third-order valence-corrected chi connectivity index (χ3v) is 1.86. The normalized spacial score (nSPS) is 12.2. The largest absolute Gasteiger partial charge is 0.368 e. The SMILES string of the molecule is CC(C(N)=O)N(C)c1ncccn1. The molecule has 0 aromatic carbocycles. The molecule has 0 saturated heterocycles. The van der Waals surface area contributed by atoms with Crippen molar-refractivity contribution in [3.8, 4) is 0 Å². The van der Waals surface area contributed by atoms with Crippen LogP contribution >= 0.6 is 0 Å². The molecule has 0 aliphatic heterocycles. The van der Waals surface area contributed by atoms with Gasteiger partial charge in [-0.3, -0.25) is 4.79 Å². The Bertz CT molecular complexity index is 287. The summed E-state index contributed by atoms with van der Waals surface area (Å²) >= 11 is 0. The predicted octanol–water partition coefficient (Wildman–Crippen LogP) is -0.213. The summed E-state index contributed by atoms with van der Waals surface area (Å²) < 4.78 is 0. The van der Waals surface area contributed by atoms with E-state index in [4.69, 9.17) is 5.73 Å². The van der Waals surface area contributed by atoms with Crippen molar-refractivity contribution in [2.45, 2.75) is 13.0 Å². The van der Waals surface area contributed by atoms with Gasteiger partial charge in [0.05, 0.1) is 0 Å². The Kier molecular flexibility index (Phi) is 2.79. The fourth-order valence-corrected chi connectivity index (χ4v) is 0.837. The van der Waals surface area contributed by atoms with Crippen molar-refractivity contribution in [3.63, 3.8) is 0 Å². The fourth-order valence-electron chi connectivity index (χ4n) is 0.837. The van der Waals surface area contributed by atoms with Crippen LogP contribution < -0.4 is 10.6 Å². The fraction of sp³-hybridized carbons (Fsp3) is 0.375. The van der Waals surface area contributed by atoms with Gasteiger partial charge in [0.15, 0.2) is 0 Å². The van der Waals surface area contributed by atoms with Gasteiger partial charge in [-0.25, -0.2) is 9.97 Å². The van der Waals surface area contributed by atoms with Gasteiger partial charge in [-0.05, 0) is 13.0 Å². The van der Waals surface area contributed by atoms with E-state index < -0.39 is 11.9 Å². The summed E-state index contributed by atoms with van der Waals surface area (Å²) in [5.41, 5.74) is 5.14. The van der Waals surface area contributed by atoms with E-state index in [0.29, 0.717) is 5.95 Å². The van der Waals surface area contributed by atoms with Gasteiger partial charge in [-0.15, -0.1) is 0 Å². The Morgan fingerprint density at radius 3 is 2.54 bits per heavy atom. The quantitative estimate of drug-likeness (QED) is 0.698. The second-order valence-electron chi connectivity index (χ2n) is 2.74. The summed E-state index contributed by atoms with van der Waals surface area (Å²) in [6.07, 6.45) is 3.24. The van der Waals surface area contributed by atoms with E-state index in [9.17, 15) is 4.79 Å². The summed E-state index contributed by atoms with van der Waals surface area (Å²) in [5, 5.41) is 0. The lowest BCUT2D eigenvalue weighted by Crippen LogP contribution is -2.41. The molecule has 70 valence electrons. The van der Waals surface area contributed by atoms with Crippen molar-refractivity contribution in [2.24, 2.45) is 5.73 Å². The van der Waals surface area contributed by atoms with Gasteiger partial charge in [-0.2, -0.15) is 0 Å². The number of primary amides is 1. The molecule has 0 aliphatic carbocycles. The molecule has 2 N–H and O–H groups in total. The molecule has 1 atom stereocenters. The van der Waals surface area contributed by atoms with Gasteiger partial charge in [0.2, 0.25) is 11.9 Å². The first-order valence-corrected chi connectivity index (χ1v) is 3.92. The maximum Gasteiger partial charge on any atom is 0.239 e. The summed E-state index contributed by atoms with van der Waals surface area (Å²) in [6.45, 7) is 1.71. The number of carbonyl (C=O) groups excluding carboxylic acids is 1. The van der Waals surface area contributed by atoms with E-state index in [0.717, 1.165) is 0 Å². The third-order valence-electron chi connectivity index (χ3n) is 1.86. The zero-order chi connectivity index (χ0) is 9.84. The number of anilines is 1. The molecule has 13 heavy (non-hydrogen) atoms. The molecule has 0 saturated carbocycles. The van der Waals surface area contributed by atoms with Gasteiger partial charge in [0.1, 0.15) is 6.04 Å². The van der Waals surface area contributed by atoms with Crippen LogP contribution in [0.3, 0.4) is 0 Å². The zero-order valence-electron chi connectivity index (χ0n) is 7.64. The van der Waals surface area contributed by atoms with Gasteiger partial charge in [-0.1, -0.05) is 0 Å². The highest BCUT2D eigenvalue weighted by Gasteiger charge is 2.16. The van der Waals surface area contributed by atoms with Crippen LogP contribution in [0.15, 0.2) is 18.5 Å². The van der Waals surface area contributed by atoms with Crippen molar-refractivity contribution in [2.75, 3.05) is 11.9 Å². The highest BCUT2D eigenvalue weighted by molar-refractivity contribution is 5.82. The number of likely N-dealkylation sites (N-methyl/N-ethyl adjacent to an activating group) is 1. The Morgan fingerprint density at radius 2 is 2.08 bits per heavy atom. The lowest BCUT2D eigenvalue weighted by molar-refractivity contribution is -0.118. The first kappa shape index (κ1) is 9.44. The zero-order valence-corrected chi connectivity index (χ0v) is 7.64. The van der Waals surface area contributed by atoms with E-state index in [1.165, 1.54) is 0 Å². The molecule has 1 unspecified atom stereocenters. The molecule has 5 heteroatoms. The van der Waals surface area contributed by atoms with Gasteiger partial charge in [0, 0.05) is 19.4 Å². The Morgan fingerprint density at radius 1 is 1.54 bits per heavy atom. The summed E-state index contributed by atoms with van der Waals surface area (Å²) in [5.74, 6) is 0.101. The maximum absolute atomic E-state index is 10.8. The molecule has 5 nitrogen and oxygen atoms in total. The Labute approximate surface area is 76.6 Å². The van der Waals surface area contributed by atoms with Crippen LogP contribution in [0.1, 0.15) is 6.92 Å². The van der Waals surface area contributed by atoms with E-state index in [1.54, 1.807) is 37.3 Å². The number of hydrogen-bond donors (Lipinski definition) is 1. The van der Waals surface area contributed by atoms with E-state index in [2.05, 4.69) is 9.97 Å². The number of nitrogens with zero attached hydrogens (tertiary/aromatic N) is 3. The predicted molar refractivity (Wildman–Crippen MR) is 49.1 cm³/mol. The molecular formula is C8H12N4O. The Balaban J connectivity index is 2.79. The molecule has 0 aliphatic rings. The molecule has 0 bridgehead atoms. The van der Waals surface area contributed by atoms with Crippen LogP contribution in [0.2, 0.25) is 0 Å². The number of amides is 1. The minimum absolute atomic E-state index is 0.394. The molecule has 0 spiro atoms. The molecule has 1 heterocycles. The van der Waals surface area contributed by atoms with E-state index in [1.807, 2.05) is 0 Å². The van der Waals surface area contributed by atoms with Crippen molar-refractivity contribution >= 4 is 11.9 Å². The van der Waals surface area contributed by atoms with Gasteiger partial charge >= 0.3 is 0 Å². The average Bonchev–Trinajstić information content (AvgIpc) is 2.17. The van der Waals surface area contributed by atoms with Crippen molar-refractivity contribution in [3.05, 3.63) is 18.5 Å². The first-order chi connectivity index (χ1) is 6.13. The number of aromatic nitrogens is 2. The van der Waals surface area contributed by atoms with Gasteiger partial charge in [0.25, 0.3) is 0 Å². The standard InChI is InChI=1S/C8H12N4O/c1-6(7(9)13)12(2)8-10-4-3-5-11-8/h3-6H,1-2H3,(H2,9,13). The molecule has 0 fully saturated rings. The van der Waals surface area contributed by atoms with Crippen molar-refractivity contribution in [1.29, 1.82) is 0 Å². The smallest absolute Gasteiger partial charge is 0.239 e.